The Morgan fingerprint density at radius 1 is 1.29 bits per heavy atom. The molecule has 2 aromatic heterocycles. The van der Waals surface area contributed by atoms with E-state index in [1.807, 2.05) is 16.8 Å². The lowest BCUT2D eigenvalue weighted by molar-refractivity contribution is -0.127. The van der Waals surface area contributed by atoms with Crippen molar-refractivity contribution in [1.82, 2.24) is 19.4 Å². The number of para-hydroxylation sites is 1. The fourth-order valence-electron chi connectivity index (χ4n) is 3.83. The minimum Gasteiger partial charge on any atom is -0.361 e. The Bertz CT molecular complexity index is 836. The molecular formula is C19H22N4O. The Balaban J connectivity index is 1.69. The molecule has 1 fully saturated rings. The van der Waals surface area contributed by atoms with E-state index in [2.05, 4.69) is 46.2 Å². The van der Waals surface area contributed by atoms with Crippen LogP contribution >= 0.6 is 0 Å². The first-order chi connectivity index (χ1) is 11.8. The van der Waals surface area contributed by atoms with Gasteiger partial charge in [0.25, 0.3) is 0 Å². The summed E-state index contributed by atoms with van der Waals surface area (Å²) in [5.41, 5.74) is 2.37. The molecule has 0 radical (unpaired) electrons. The number of carbonyl (C=O) groups excluding carboxylic acids is 1. The van der Waals surface area contributed by atoms with Gasteiger partial charge in [-0.15, -0.1) is 0 Å². The number of imidazole rings is 1. The molecule has 24 heavy (non-hydrogen) atoms. The maximum Gasteiger partial charge on any atom is 0.158 e. The third-order valence-electron chi connectivity index (χ3n) is 4.99. The van der Waals surface area contributed by atoms with E-state index in [1.54, 1.807) is 12.5 Å². The summed E-state index contributed by atoms with van der Waals surface area (Å²) in [5.74, 6) is 0.288. The van der Waals surface area contributed by atoms with Crippen LogP contribution in [0.1, 0.15) is 37.4 Å². The van der Waals surface area contributed by atoms with Gasteiger partial charge in [-0.2, -0.15) is 0 Å². The third kappa shape index (κ3) is 2.55. The molecule has 3 heterocycles. The number of nitrogens with zero attached hydrogens (tertiary/aromatic N) is 3. The van der Waals surface area contributed by atoms with Crippen LogP contribution in [0.5, 0.6) is 0 Å². The lowest BCUT2D eigenvalue weighted by Crippen LogP contribution is -2.44. The number of hydrogen-bond acceptors (Lipinski definition) is 3. The van der Waals surface area contributed by atoms with Gasteiger partial charge in [-0.25, -0.2) is 4.98 Å². The highest BCUT2D eigenvalue weighted by Crippen LogP contribution is 2.36. The molecule has 0 aliphatic carbocycles. The summed E-state index contributed by atoms with van der Waals surface area (Å²) in [6.45, 7) is 3.92. The Morgan fingerprint density at radius 3 is 2.96 bits per heavy atom. The van der Waals surface area contributed by atoms with Gasteiger partial charge in [-0.1, -0.05) is 25.1 Å². The minimum atomic E-state index is -0.125. The largest absolute Gasteiger partial charge is 0.361 e. The summed E-state index contributed by atoms with van der Waals surface area (Å²) in [7, 11) is 0. The number of carbonyl (C=O) groups is 1. The van der Waals surface area contributed by atoms with Gasteiger partial charge in [0, 0.05) is 48.5 Å². The maximum absolute atomic E-state index is 12.8. The molecule has 2 unspecified atom stereocenters. The number of likely N-dealkylation sites (tertiary alicyclic amines) is 1. The predicted octanol–water partition coefficient (Wildman–Crippen LogP) is 3.33. The Hall–Kier alpha value is -2.40. The molecule has 0 bridgehead atoms. The number of H-pyrrole nitrogens is 1. The Morgan fingerprint density at radius 2 is 2.17 bits per heavy atom. The van der Waals surface area contributed by atoms with Crippen molar-refractivity contribution in [2.75, 3.05) is 13.1 Å². The molecule has 5 heteroatoms. The number of rotatable bonds is 4. The third-order valence-corrected chi connectivity index (χ3v) is 4.99. The van der Waals surface area contributed by atoms with Gasteiger partial charge >= 0.3 is 0 Å². The molecule has 0 spiro atoms. The van der Waals surface area contributed by atoms with Gasteiger partial charge in [0.05, 0.1) is 6.33 Å². The van der Waals surface area contributed by atoms with Crippen molar-refractivity contribution in [3.63, 3.8) is 0 Å². The minimum absolute atomic E-state index is 0.125. The standard InChI is InChI=1S/C19H22N4O/c1-2-8-22-12-18(23-9-7-20-13-23)19(24)10-17(22)15-11-21-16-6-4-3-5-14(15)16/h3-7,9,11,13,17-18,21H,2,8,10,12H2,1H3. The highest BCUT2D eigenvalue weighted by molar-refractivity contribution is 5.87. The summed E-state index contributed by atoms with van der Waals surface area (Å²) in [5, 5.41) is 1.22. The smallest absolute Gasteiger partial charge is 0.158 e. The molecule has 0 amide bonds. The van der Waals surface area contributed by atoms with Crippen LogP contribution in [-0.2, 0) is 4.79 Å². The molecule has 0 saturated carbocycles. The predicted molar refractivity (Wildman–Crippen MR) is 93.8 cm³/mol. The van der Waals surface area contributed by atoms with Crippen LogP contribution in [0.4, 0.5) is 0 Å². The topological polar surface area (TPSA) is 53.9 Å². The Kier molecular flexibility index (Phi) is 3.94. The van der Waals surface area contributed by atoms with E-state index < -0.39 is 0 Å². The van der Waals surface area contributed by atoms with E-state index in [-0.39, 0.29) is 17.9 Å². The monoisotopic (exact) mass is 322 g/mol. The summed E-state index contributed by atoms with van der Waals surface area (Å²) in [6, 6.07) is 8.34. The van der Waals surface area contributed by atoms with Gasteiger partial charge in [0.15, 0.2) is 5.78 Å². The molecule has 4 rings (SSSR count). The van der Waals surface area contributed by atoms with Crippen molar-refractivity contribution in [3.8, 4) is 0 Å². The van der Waals surface area contributed by atoms with Crippen molar-refractivity contribution in [3.05, 3.63) is 54.7 Å². The van der Waals surface area contributed by atoms with E-state index >= 15 is 0 Å². The number of fused-ring (bicyclic) bond motifs is 1. The normalized spacial score (nSPS) is 22.3. The highest BCUT2D eigenvalue weighted by Gasteiger charge is 2.36. The summed E-state index contributed by atoms with van der Waals surface area (Å²) < 4.78 is 1.94. The molecule has 5 nitrogen and oxygen atoms in total. The number of nitrogens with one attached hydrogen (secondary N) is 1. The van der Waals surface area contributed by atoms with Crippen LogP contribution in [0, 0.1) is 0 Å². The van der Waals surface area contributed by atoms with Crippen molar-refractivity contribution in [2.45, 2.75) is 31.8 Å². The molecule has 1 aromatic carbocycles. The number of piperidine rings is 1. The van der Waals surface area contributed by atoms with E-state index in [1.165, 1.54) is 10.9 Å². The number of ketones is 1. The van der Waals surface area contributed by atoms with Crippen molar-refractivity contribution < 1.29 is 4.79 Å². The van der Waals surface area contributed by atoms with Gasteiger partial charge in [-0.05, 0) is 24.6 Å². The van der Waals surface area contributed by atoms with E-state index in [0.717, 1.165) is 25.0 Å². The first-order valence-corrected chi connectivity index (χ1v) is 8.58. The van der Waals surface area contributed by atoms with Crippen LogP contribution < -0.4 is 0 Å². The number of hydrogen-bond donors (Lipinski definition) is 1. The molecule has 1 saturated heterocycles. The molecule has 1 N–H and O–H groups in total. The zero-order valence-electron chi connectivity index (χ0n) is 13.9. The second kappa shape index (κ2) is 6.24. The Labute approximate surface area is 141 Å². The molecular weight excluding hydrogens is 300 g/mol. The second-order valence-electron chi connectivity index (χ2n) is 6.50. The van der Waals surface area contributed by atoms with Crippen LogP contribution in [0.3, 0.4) is 0 Å². The summed E-state index contributed by atoms with van der Waals surface area (Å²) in [4.78, 5) is 22.7. The van der Waals surface area contributed by atoms with Crippen LogP contribution in [-0.4, -0.2) is 38.3 Å². The lowest BCUT2D eigenvalue weighted by atomic mass is 9.91. The highest BCUT2D eigenvalue weighted by atomic mass is 16.1. The zero-order valence-corrected chi connectivity index (χ0v) is 13.9. The zero-order chi connectivity index (χ0) is 16.5. The van der Waals surface area contributed by atoms with Crippen LogP contribution in [0.15, 0.2) is 49.2 Å². The summed E-state index contributed by atoms with van der Waals surface area (Å²) >= 11 is 0. The fourth-order valence-corrected chi connectivity index (χ4v) is 3.83. The second-order valence-corrected chi connectivity index (χ2v) is 6.50. The SMILES string of the molecule is CCCN1CC(n2ccnc2)C(=O)CC1c1c[nH]c2ccccc12. The molecule has 2 atom stereocenters. The van der Waals surface area contributed by atoms with Gasteiger partial charge < -0.3 is 9.55 Å². The maximum atomic E-state index is 12.8. The van der Waals surface area contributed by atoms with Crippen molar-refractivity contribution >= 4 is 16.7 Å². The van der Waals surface area contributed by atoms with Gasteiger partial charge in [-0.3, -0.25) is 9.69 Å². The first-order valence-electron chi connectivity index (χ1n) is 8.58. The average molecular weight is 322 g/mol. The van der Waals surface area contributed by atoms with Crippen molar-refractivity contribution in [1.29, 1.82) is 0 Å². The lowest BCUT2D eigenvalue weighted by Gasteiger charge is -2.39. The molecule has 124 valence electrons. The summed E-state index contributed by atoms with van der Waals surface area (Å²) in [6.07, 6.45) is 9.07. The van der Waals surface area contributed by atoms with Gasteiger partial charge in [0.2, 0.25) is 0 Å². The fraction of sp³-hybridized carbons (Fsp3) is 0.368. The quantitative estimate of drug-likeness (QED) is 0.801. The van der Waals surface area contributed by atoms with Crippen molar-refractivity contribution in [2.24, 2.45) is 0 Å². The molecule has 3 aromatic rings. The first kappa shape index (κ1) is 15.1. The van der Waals surface area contributed by atoms with E-state index in [9.17, 15) is 4.79 Å². The molecule has 1 aliphatic rings. The average Bonchev–Trinajstić information content (AvgIpc) is 3.25. The number of aromatic nitrogens is 3. The number of Topliss-reactive ketones (excluding diaryl/α,β-unsaturated/α-hetero) is 1. The van der Waals surface area contributed by atoms with Crippen LogP contribution in [0.2, 0.25) is 0 Å². The van der Waals surface area contributed by atoms with E-state index in [0.29, 0.717) is 6.42 Å². The number of aromatic amines is 1. The van der Waals surface area contributed by atoms with Crippen LogP contribution in [0.25, 0.3) is 10.9 Å². The molecule has 1 aliphatic heterocycles. The van der Waals surface area contributed by atoms with E-state index in [4.69, 9.17) is 0 Å². The number of benzene rings is 1. The van der Waals surface area contributed by atoms with Gasteiger partial charge in [0.1, 0.15) is 6.04 Å².